The molecule has 0 spiro atoms. The molecule has 1 aromatic heterocycles. The van der Waals surface area contributed by atoms with Crippen molar-refractivity contribution < 1.29 is 5.11 Å². The van der Waals surface area contributed by atoms with Crippen molar-refractivity contribution in [2.75, 3.05) is 0 Å². The molecule has 1 unspecified atom stereocenters. The molecule has 0 radical (unpaired) electrons. The van der Waals surface area contributed by atoms with Gasteiger partial charge in [0.05, 0.1) is 6.10 Å². The number of aromatic nitrogens is 3. The predicted octanol–water partition coefficient (Wildman–Crippen LogP) is 3.44. The van der Waals surface area contributed by atoms with Crippen LogP contribution in [0.5, 0.6) is 0 Å². The van der Waals surface area contributed by atoms with E-state index in [1.165, 1.54) is 12.8 Å². The molecule has 0 amide bonds. The van der Waals surface area contributed by atoms with Crippen LogP contribution in [0.3, 0.4) is 0 Å². The summed E-state index contributed by atoms with van der Waals surface area (Å²) in [5.41, 5.74) is 0.1000. The fourth-order valence-electron chi connectivity index (χ4n) is 3.90. The molecule has 1 fully saturated rings. The van der Waals surface area contributed by atoms with Gasteiger partial charge in [-0.2, -0.15) is 5.10 Å². The lowest BCUT2D eigenvalue weighted by molar-refractivity contribution is 0.0112. The zero-order chi connectivity index (χ0) is 15.5. The summed E-state index contributed by atoms with van der Waals surface area (Å²) >= 11 is 0. The molecule has 4 heteroatoms. The lowest BCUT2D eigenvalue weighted by Crippen LogP contribution is -2.36. The van der Waals surface area contributed by atoms with Gasteiger partial charge in [-0.15, -0.1) is 0 Å². The Morgan fingerprint density at radius 2 is 1.86 bits per heavy atom. The van der Waals surface area contributed by atoms with Crippen LogP contribution in [0.1, 0.15) is 65.6 Å². The molecule has 0 bridgehead atoms. The fraction of sp³-hybridized carbons (Fsp3) is 0.882. The quantitative estimate of drug-likeness (QED) is 0.837. The van der Waals surface area contributed by atoms with E-state index >= 15 is 0 Å². The Labute approximate surface area is 129 Å². The van der Waals surface area contributed by atoms with Gasteiger partial charge in [0, 0.05) is 13.0 Å². The summed E-state index contributed by atoms with van der Waals surface area (Å²) in [6, 6.07) is 0. The average molecular weight is 293 g/mol. The fourth-order valence-corrected chi connectivity index (χ4v) is 3.90. The Hall–Kier alpha value is -0.900. The van der Waals surface area contributed by atoms with Crippen molar-refractivity contribution in [3.05, 3.63) is 12.2 Å². The van der Waals surface area contributed by atoms with Gasteiger partial charge >= 0.3 is 0 Å². The summed E-state index contributed by atoms with van der Waals surface area (Å²) in [5, 5.41) is 15.2. The number of aliphatic hydroxyl groups is 1. The highest BCUT2D eigenvalue weighted by atomic mass is 16.3. The monoisotopic (exact) mass is 293 g/mol. The Morgan fingerprint density at radius 3 is 2.43 bits per heavy atom. The van der Waals surface area contributed by atoms with Crippen LogP contribution in [-0.4, -0.2) is 26.0 Å². The van der Waals surface area contributed by atoms with Crippen molar-refractivity contribution in [2.24, 2.45) is 17.3 Å². The maximum atomic E-state index is 10.9. The normalized spacial score (nSPS) is 19.6. The van der Waals surface area contributed by atoms with Gasteiger partial charge in [0.2, 0.25) is 0 Å². The largest absolute Gasteiger partial charge is 0.392 e. The molecule has 1 aliphatic rings. The number of hydrogen-bond donors (Lipinski definition) is 1. The Morgan fingerprint density at radius 1 is 1.19 bits per heavy atom. The minimum absolute atomic E-state index is 0.1000. The third kappa shape index (κ3) is 4.06. The smallest absolute Gasteiger partial charge is 0.138 e. The third-order valence-electron chi connectivity index (χ3n) is 4.73. The van der Waals surface area contributed by atoms with E-state index in [2.05, 4.69) is 37.8 Å². The highest BCUT2D eigenvalue weighted by Gasteiger charge is 2.41. The van der Waals surface area contributed by atoms with E-state index in [9.17, 15) is 5.11 Å². The SMILES string of the molecule is CC(C)Cn1ncnc1CC(O)C1(CC(C)C)CCCC1. The van der Waals surface area contributed by atoms with Crippen molar-refractivity contribution in [1.29, 1.82) is 0 Å². The zero-order valence-electron chi connectivity index (χ0n) is 14.0. The lowest BCUT2D eigenvalue weighted by Gasteiger charge is -2.36. The number of aliphatic hydroxyl groups excluding tert-OH is 1. The van der Waals surface area contributed by atoms with Gasteiger partial charge in [0.15, 0.2) is 0 Å². The van der Waals surface area contributed by atoms with E-state index in [-0.39, 0.29) is 11.5 Å². The van der Waals surface area contributed by atoms with E-state index < -0.39 is 0 Å². The molecule has 21 heavy (non-hydrogen) atoms. The van der Waals surface area contributed by atoms with Crippen LogP contribution >= 0.6 is 0 Å². The molecule has 120 valence electrons. The van der Waals surface area contributed by atoms with Crippen LogP contribution < -0.4 is 0 Å². The van der Waals surface area contributed by atoms with E-state index in [0.29, 0.717) is 18.3 Å². The molecule has 1 heterocycles. The van der Waals surface area contributed by atoms with Crippen molar-refractivity contribution in [1.82, 2.24) is 14.8 Å². The highest BCUT2D eigenvalue weighted by molar-refractivity contribution is 4.97. The van der Waals surface area contributed by atoms with Crippen LogP contribution in [0.4, 0.5) is 0 Å². The van der Waals surface area contributed by atoms with Crippen LogP contribution in [0.2, 0.25) is 0 Å². The topological polar surface area (TPSA) is 50.9 Å². The van der Waals surface area contributed by atoms with E-state index in [1.54, 1.807) is 6.33 Å². The lowest BCUT2D eigenvalue weighted by atomic mass is 9.73. The molecular formula is C17H31N3O. The molecule has 1 aromatic rings. The first kappa shape index (κ1) is 16.5. The summed E-state index contributed by atoms with van der Waals surface area (Å²) < 4.78 is 1.96. The molecule has 0 aliphatic heterocycles. The molecule has 0 aromatic carbocycles. The minimum atomic E-state index is -0.294. The van der Waals surface area contributed by atoms with Gasteiger partial charge in [-0.3, -0.25) is 0 Å². The second-order valence-corrected chi connectivity index (χ2v) is 7.64. The first-order valence-corrected chi connectivity index (χ1v) is 8.48. The summed E-state index contributed by atoms with van der Waals surface area (Å²) in [4.78, 5) is 4.38. The molecular weight excluding hydrogens is 262 g/mol. The molecule has 1 saturated carbocycles. The Bertz CT molecular complexity index is 433. The van der Waals surface area contributed by atoms with Crippen LogP contribution in [-0.2, 0) is 13.0 Å². The molecule has 1 atom stereocenters. The van der Waals surface area contributed by atoms with Gasteiger partial charge in [-0.05, 0) is 36.5 Å². The van der Waals surface area contributed by atoms with Crippen LogP contribution in [0.25, 0.3) is 0 Å². The molecule has 1 N–H and O–H groups in total. The standard InChI is InChI=1S/C17H31N3O/c1-13(2)10-17(7-5-6-8-17)15(21)9-16-18-12-19-20(16)11-14(3)4/h12-15,21H,5-11H2,1-4H3. The predicted molar refractivity (Wildman–Crippen MR) is 84.9 cm³/mol. The van der Waals surface area contributed by atoms with E-state index in [4.69, 9.17) is 0 Å². The summed E-state index contributed by atoms with van der Waals surface area (Å²) in [6.07, 6.45) is 7.90. The average Bonchev–Trinajstić information content (AvgIpc) is 2.99. The Balaban J connectivity index is 2.08. The van der Waals surface area contributed by atoms with Gasteiger partial charge < -0.3 is 5.11 Å². The van der Waals surface area contributed by atoms with E-state index in [1.807, 2.05) is 4.68 Å². The maximum absolute atomic E-state index is 10.9. The second kappa shape index (κ2) is 6.91. The maximum Gasteiger partial charge on any atom is 0.138 e. The molecule has 4 nitrogen and oxygen atoms in total. The number of nitrogens with zero attached hydrogens (tertiary/aromatic N) is 3. The van der Waals surface area contributed by atoms with E-state index in [0.717, 1.165) is 31.6 Å². The van der Waals surface area contributed by atoms with Crippen molar-refractivity contribution >= 4 is 0 Å². The van der Waals surface area contributed by atoms with Gasteiger partial charge in [0.1, 0.15) is 12.2 Å². The Kier molecular flexibility index (Phi) is 5.42. The highest BCUT2D eigenvalue weighted by Crippen LogP contribution is 2.46. The number of rotatable bonds is 7. The first-order chi connectivity index (χ1) is 9.93. The van der Waals surface area contributed by atoms with Crippen molar-refractivity contribution in [2.45, 2.75) is 78.9 Å². The van der Waals surface area contributed by atoms with Crippen LogP contribution in [0.15, 0.2) is 6.33 Å². The molecule has 1 aliphatic carbocycles. The van der Waals surface area contributed by atoms with Gasteiger partial charge in [-0.25, -0.2) is 9.67 Å². The number of hydrogen-bond acceptors (Lipinski definition) is 3. The summed E-state index contributed by atoms with van der Waals surface area (Å²) in [6.45, 7) is 9.75. The molecule has 0 saturated heterocycles. The van der Waals surface area contributed by atoms with Crippen LogP contribution in [0, 0.1) is 17.3 Å². The molecule has 2 rings (SSSR count). The third-order valence-corrected chi connectivity index (χ3v) is 4.73. The zero-order valence-corrected chi connectivity index (χ0v) is 14.0. The van der Waals surface area contributed by atoms with Gasteiger partial charge in [-0.1, -0.05) is 40.5 Å². The summed E-state index contributed by atoms with van der Waals surface area (Å²) in [7, 11) is 0. The minimum Gasteiger partial charge on any atom is -0.392 e. The van der Waals surface area contributed by atoms with Gasteiger partial charge in [0.25, 0.3) is 0 Å². The van der Waals surface area contributed by atoms with Crippen molar-refractivity contribution in [3.8, 4) is 0 Å². The first-order valence-electron chi connectivity index (χ1n) is 8.48. The summed E-state index contributed by atoms with van der Waals surface area (Å²) in [5.74, 6) is 2.11. The second-order valence-electron chi connectivity index (χ2n) is 7.64. The van der Waals surface area contributed by atoms with Crippen molar-refractivity contribution in [3.63, 3.8) is 0 Å².